The van der Waals surface area contributed by atoms with Crippen LogP contribution in [0.4, 0.5) is 0 Å². The van der Waals surface area contributed by atoms with Gasteiger partial charge in [0.2, 0.25) is 5.91 Å². The van der Waals surface area contributed by atoms with Crippen LogP contribution < -0.4 is 5.32 Å². The van der Waals surface area contributed by atoms with Crippen molar-refractivity contribution in [2.45, 2.75) is 46.7 Å². The predicted octanol–water partition coefficient (Wildman–Crippen LogP) is 1.24. The average molecular weight is 198 g/mol. The third kappa shape index (κ3) is 2.27. The molecule has 3 heteroatoms. The van der Waals surface area contributed by atoms with E-state index in [0.717, 1.165) is 13.1 Å². The number of carbonyl (C=O) groups excluding carboxylic acids is 1. The Hall–Kier alpha value is -0.570. The van der Waals surface area contributed by atoms with Crippen LogP contribution in [0.3, 0.4) is 0 Å². The summed E-state index contributed by atoms with van der Waals surface area (Å²) in [6.45, 7) is 12.2. The number of rotatable bonds is 3. The van der Waals surface area contributed by atoms with Crippen molar-refractivity contribution in [1.82, 2.24) is 10.2 Å². The fourth-order valence-corrected chi connectivity index (χ4v) is 1.80. The second-order valence-corrected chi connectivity index (χ2v) is 5.19. The summed E-state index contributed by atoms with van der Waals surface area (Å²) in [5.74, 6) is 0.199. The van der Waals surface area contributed by atoms with E-state index in [9.17, 15) is 4.79 Å². The van der Waals surface area contributed by atoms with E-state index in [4.69, 9.17) is 0 Å². The van der Waals surface area contributed by atoms with Gasteiger partial charge in [0.1, 0.15) is 0 Å². The highest BCUT2D eigenvalue weighted by Gasteiger charge is 2.45. The highest BCUT2D eigenvalue weighted by molar-refractivity contribution is 5.84. The zero-order valence-corrected chi connectivity index (χ0v) is 9.92. The number of hydrogen-bond donors (Lipinski definition) is 1. The second-order valence-electron chi connectivity index (χ2n) is 5.19. The summed E-state index contributed by atoms with van der Waals surface area (Å²) in [7, 11) is 0. The van der Waals surface area contributed by atoms with Crippen molar-refractivity contribution < 1.29 is 4.79 Å². The molecule has 3 nitrogen and oxygen atoms in total. The molecule has 14 heavy (non-hydrogen) atoms. The van der Waals surface area contributed by atoms with Crippen molar-refractivity contribution in [2.75, 3.05) is 13.1 Å². The Morgan fingerprint density at radius 1 is 1.29 bits per heavy atom. The smallest absolute Gasteiger partial charge is 0.228 e. The van der Waals surface area contributed by atoms with E-state index < -0.39 is 0 Å². The van der Waals surface area contributed by atoms with Gasteiger partial charge in [0, 0.05) is 25.2 Å². The summed E-state index contributed by atoms with van der Waals surface area (Å²) in [6, 6.07) is 0.794. The zero-order valence-electron chi connectivity index (χ0n) is 9.92. The van der Waals surface area contributed by atoms with Crippen LogP contribution in [-0.2, 0) is 4.79 Å². The van der Waals surface area contributed by atoms with Crippen molar-refractivity contribution in [3.63, 3.8) is 0 Å². The van der Waals surface area contributed by atoms with Crippen LogP contribution in [0.25, 0.3) is 0 Å². The van der Waals surface area contributed by atoms with Crippen LogP contribution in [0.1, 0.15) is 34.6 Å². The van der Waals surface area contributed by atoms with Gasteiger partial charge in [-0.3, -0.25) is 9.69 Å². The first-order chi connectivity index (χ1) is 6.35. The maximum absolute atomic E-state index is 11.8. The SMILES string of the molecule is CC(C)NC(=O)C1(C)CN(C(C)C)C1. The van der Waals surface area contributed by atoms with Gasteiger partial charge in [0.15, 0.2) is 0 Å². The van der Waals surface area contributed by atoms with E-state index >= 15 is 0 Å². The van der Waals surface area contributed by atoms with Crippen molar-refractivity contribution in [3.8, 4) is 0 Å². The molecule has 0 aliphatic carbocycles. The van der Waals surface area contributed by atoms with Gasteiger partial charge in [-0.15, -0.1) is 0 Å². The molecule has 0 radical (unpaired) electrons. The highest BCUT2D eigenvalue weighted by Crippen LogP contribution is 2.31. The molecule has 0 atom stereocenters. The molecule has 0 aromatic carbocycles. The Balaban J connectivity index is 2.43. The Morgan fingerprint density at radius 3 is 2.14 bits per heavy atom. The van der Waals surface area contributed by atoms with Crippen LogP contribution in [0.5, 0.6) is 0 Å². The van der Waals surface area contributed by atoms with E-state index in [2.05, 4.69) is 24.1 Å². The molecule has 0 bridgehead atoms. The number of nitrogens with one attached hydrogen (secondary N) is 1. The maximum atomic E-state index is 11.8. The zero-order chi connectivity index (χ0) is 10.9. The van der Waals surface area contributed by atoms with Gasteiger partial charge in [-0.1, -0.05) is 0 Å². The number of amides is 1. The van der Waals surface area contributed by atoms with Crippen molar-refractivity contribution in [3.05, 3.63) is 0 Å². The van der Waals surface area contributed by atoms with Crippen LogP contribution in [-0.4, -0.2) is 36.0 Å². The molecule has 0 aromatic heterocycles. The van der Waals surface area contributed by atoms with Gasteiger partial charge in [0.25, 0.3) is 0 Å². The van der Waals surface area contributed by atoms with Crippen molar-refractivity contribution >= 4 is 5.91 Å². The lowest BCUT2D eigenvalue weighted by molar-refractivity contribution is -0.142. The maximum Gasteiger partial charge on any atom is 0.228 e. The Morgan fingerprint density at radius 2 is 1.79 bits per heavy atom. The summed E-state index contributed by atoms with van der Waals surface area (Å²) in [6.07, 6.45) is 0. The number of carbonyl (C=O) groups is 1. The summed E-state index contributed by atoms with van der Waals surface area (Å²) in [4.78, 5) is 14.1. The lowest BCUT2D eigenvalue weighted by Gasteiger charge is -2.49. The van der Waals surface area contributed by atoms with E-state index in [1.54, 1.807) is 0 Å². The molecule has 0 spiro atoms. The lowest BCUT2D eigenvalue weighted by atomic mass is 9.80. The summed E-state index contributed by atoms with van der Waals surface area (Å²) >= 11 is 0. The summed E-state index contributed by atoms with van der Waals surface area (Å²) < 4.78 is 0. The Labute approximate surface area is 86.9 Å². The molecule has 1 aliphatic rings. The summed E-state index contributed by atoms with van der Waals surface area (Å²) in [5.41, 5.74) is -0.158. The average Bonchev–Trinajstić information content (AvgIpc) is 1.96. The molecule has 1 fully saturated rings. The van der Waals surface area contributed by atoms with Crippen LogP contribution in [0.2, 0.25) is 0 Å². The fraction of sp³-hybridized carbons (Fsp3) is 0.909. The van der Waals surface area contributed by atoms with E-state index in [-0.39, 0.29) is 17.4 Å². The van der Waals surface area contributed by atoms with Crippen molar-refractivity contribution in [1.29, 1.82) is 0 Å². The van der Waals surface area contributed by atoms with Gasteiger partial charge < -0.3 is 5.32 Å². The van der Waals surface area contributed by atoms with Crippen LogP contribution in [0.15, 0.2) is 0 Å². The molecule has 1 heterocycles. The molecule has 1 saturated heterocycles. The molecule has 0 saturated carbocycles. The predicted molar refractivity (Wildman–Crippen MR) is 58.1 cm³/mol. The minimum atomic E-state index is -0.158. The molecule has 1 amide bonds. The molecule has 1 aliphatic heterocycles. The molecule has 0 aromatic rings. The first-order valence-corrected chi connectivity index (χ1v) is 5.40. The minimum absolute atomic E-state index is 0.158. The van der Waals surface area contributed by atoms with Crippen molar-refractivity contribution in [2.24, 2.45) is 5.41 Å². The highest BCUT2D eigenvalue weighted by atomic mass is 16.2. The van der Waals surface area contributed by atoms with Gasteiger partial charge >= 0.3 is 0 Å². The molecule has 82 valence electrons. The Kier molecular flexibility index (Phi) is 3.20. The molecule has 1 rings (SSSR count). The largest absolute Gasteiger partial charge is 0.353 e. The lowest BCUT2D eigenvalue weighted by Crippen LogP contribution is -2.63. The van der Waals surface area contributed by atoms with Gasteiger partial charge in [-0.2, -0.15) is 0 Å². The molecular formula is C11H22N2O. The number of nitrogens with zero attached hydrogens (tertiary/aromatic N) is 1. The third-order valence-electron chi connectivity index (χ3n) is 2.80. The first kappa shape index (κ1) is 11.5. The minimum Gasteiger partial charge on any atom is -0.353 e. The third-order valence-corrected chi connectivity index (χ3v) is 2.80. The second kappa shape index (κ2) is 3.89. The van der Waals surface area contributed by atoms with Gasteiger partial charge in [-0.05, 0) is 34.6 Å². The van der Waals surface area contributed by atoms with Gasteiger partial charge in [0.05, 0.1) is 5.41 Å². The molecule has 1 N–H and O–H groups in total. The normalized spacial score (nSPS) is 21.1. The van der Waals surface area contributed by atoms with E-state index in [0.29, 0.717) is 6.04 Å². The van der Waals surface area contributed by atoms with E-state index in [1.807, 2.05) is 20.8 Å². The van der Waals surface area contributed by atoms with Gasteiger partial charge in [-0.25, -0.2) is 0 Å². The topological polar surface area (TPSA) is 32.3 Å². The standard InChI is InChI=1S/C11H22N2O/c1-8(2)12-10(14)11(5)6-13(7-11)9(3)4/h8-9H,6-7H2,1-5H3,(H,12,14). The van der Waals surface area contributed by atoms with Crippen LogP contribution >= 0.6 is 0 Å². The number of hydrogen-bond acceptors (Lipinski definition) is 2. The quantitative estimate of drug-likeness (QED) is 0.740. The van der Waals surface area contributed by atoms with Crippen LogP contribution in [0, 0.1) is 5.41 Å². The first-order valence-electron chi connectivity index (χ1n) is 5.40. The fourth-order valence-electron chi connectivity index (χ4n) is 1.80. The summed E-state index contributed by atoms with van der Waals surface area (Å²) in [5, 5.41) is 2.98. The molecule has 0 unspecified atom stereocenters. The monoisotopic (exact) mass is 198 g/mol. The molecular weight excluding hydrogens is 176 g/mol. The van der Waals surface area contributed by atoms with E-state index in [1.165, 1.54) is 0 Å². The Bertz CT molecular complexity index is 217. The number of likely N-dealkylation sites (tertiary alicyclic amines) is 1.